The molecule has 1 heterocycles. The van der Waals surface area contributed by atoms with Crippen LogP contribution in [0.3, 0.4) is 0 Å². The second-order valence-electron chi connectivity index (χ2n) is 5.44. The predicted octanol–water partition coefficient (Wildman–Crippen LogP) is -0.137. The highest BCUT2D eigenvalue weighted by Crippen LogP contribution is 2.62. The third-order valence-corrected chi connectivity index (χ3v) is 5.94. The lowest BCUT2D eigenvalue weighted by Gasteiger charge is -2.11. The van der Waals surface area contributed by atoms with Crippen molar-refractivity contribution >= 4 is 9.84 Å². The summed E-state index contributed by atoms with van der Waals surface area (Å²) in [6.07, 6.45) is 1.19. The van der Waals surface area contributed by atoms with Crippen LogP contribution in [0.25, 0.3) is 0 Å². The van der Waals surface area contributed by atoms with Gasteiger partial charge in [0.05, 0.1) is 11.9 Å². The molecule has 3 atom stereocenters. The lowest BCUT2D eigenvalue weighted by Crippen LogP contribution is -2.27. The molecular formula is C13H17NO5S. The van der Waals surface area contributed by atoms with Crippen molar-refractivity contribution in [2.75, 3.05) is 26.2 Å². The minimum atomic E-state index is -3.28. The molecule has 110 valence electrons. The largest absolute Gasteiger partial charge is 0.454 e. The maximum absolute atomic E-state index is 11.9. The summed E-state index contributed by atoms with van der Waals surface area (Å²) in [6.45, 7) is 0.0433. The van der Waals surface area contributed by atoms with Gasteiger partial charge >= 0.3 is 0 Å². The first-order chi connectivity index (χ1) is 9.44. The van der Waals surface area contributed by atoms with Crippen molar-refractivity contribution in [3.05, 3.63) is 23.8 Å². The molecule has 6 nitrogen and oxygen atoms in total. The SMILES string of the molecule is CS(=O)(=O)[C@H]1[C@H](c2ccc3c(c2)OCO3)[C@@]1(CN)CO. The van der Waals surface area contributed by atoms with Crippen LogP contribution in [-0.2, 0) is 9.84 Å². The number of aliphatic hydroxyl groups is 1. The zero-order chi connectivity index (χ0) is 14.5. The van der Waals surface area contributed by atoms with E-state index in [1.807, 2.05) is 6.07 Å². The molecule has 3 N–H and O–H groups in total. The van der Waals surface area contributed by atoms with Crippen LogP contribution in [-0.4, -0.2) is 45.0 Å². The van der Waals surface area contributed by atoms with Crippen LogP contribution in [0.1, 0.15) is 11.5 Å². The van der Waals surface area contributed by atoms with Crippen molar-refractivity contribution in [1.82, 2.24) is 0 Å². The summed E-state index contributed by atoms with van der Waals surface area (Å²) in [6, 6.07) is 5.34. The average molecular weight is 299 g/mol. The molecule has 0 saturated heterocycles. The predicted molar refractivity (Wildman–Crippen MR) is 72.5 cm³/mol. The molecule has 0 unspecified atom stereocenters. The van der Waals surface area contributed by atoms with Crippen LogP contribution in [0, 0.1) is 5.41 Å². The Morgan fingerprint density at radius 2 is 2.10 bits per heavy atom. The maximum atomic E-state index is 11.9. The van der Waals surface area contributed by atoms with E-state index in [9.17, 15) is 13.5 Å². The molecule has 0 amide bonds. The van der Waals surface area contributed by atoms with E-state index in [1.165, 1.54) is 6.26 Å². The highest BCUT2D eigenvalue weighted by molar-refractivity contribution is 7.91. The van der Waals surface area contributed by atoms with Crippen molar-refractivity contribution in [1.29, 1.82) is 0 Å². The summed E-state index contributed by atoms with van der Waals surface area (Å²) in [4.78, 5) is 0. The Balaban J connectivity index is 2.01. The number of hydrogen-bond donors (Lipinski definition) is 2. The van der Waals surface area contributed by atoms with E-state index in [0.717, 1.165) is 5.56 Å². The quantitative estimate of drug-likeness (QED) is 0.803. The van der Waals surface area contributed by atoms with Crippen molar-refractivity contribution in [2.45, 2.75) is 11.2 Å². The fraction of sp³-hybridized carbons (Fsp3) is 0.538. The topological polar surface area (TPSA) is 98.9 Å². The molecule has 0 aromatic heterocycles. The Bertz CT molecular complexity index is 638. The highest BCUT2D eigenvalue weighted by Gasteiger charge is 2.68. The first-order valence-corrected chi connectivity index (χ1v) is 8.29. The number of nitrogens with two attached hydrogens (primary N) is 1. The molecule has 2 aliphatic rings. The van der Waals surface area contributed by atoms with Crippen LogP contribution in [0.2, 0.25) is 0 Å². The van der Waals surface area contributed by atoms with Crippen molar-refractivity contribution in [3.63, 3.8) is 0 Å². The Hall–Kier alpha value is -1.31. The van der Waals surface area contributed by atoms with Gasteiger partial charge in [-0.25, -0.2) is 8.42 Å². The van der Waals surface area contributed by atoms with Gasteiger partial charge < -0.3 is 20.3 Å². The molecule has 1 aliphatic carbocycles. The maximum Gasteiger partial charge on any atom is 0.231 e. The molecule has 1 aliphatic heterocycles. The second kappa shape index (κ2) is 4.34. The van der Waals surface area contributed by atoms with E-state index in [4.69, 9.17) is 15.2 Å². The fourth-order valence-electron chi connectivity index (χ4n) is 3.24. The molecule has 1 saturated carbocycles. The number of hydrogen-bond acceptors (Lipinski definition) is 6. The van der Waals surface area contributed by atoms with Crippen molar-refractivity contribution in [3.8, 4) is 11.5 Å². The molecule has 0 spiro atoms. The minimum Gasteiger partial charge on any atom is -0.454 e. The van der Waals surface area contributed by atoms with Crippen LogP contribution >= 0.6 is 0 Å². The molecule has 3 rings (SSSR count). The summed E-state index contributed by atoms with van der Waals surface area (Å²) in [5.41, 5.74) is 5.75. The number of sulfone groups is 1. The standard InChI is InChI=1S/C13H17NO5S/c1-20(16,17)12-11(13(12,5-14)6-15)8-2-3-9-10(4-8)19-7-18-9/h2-4,11-12,15H,5-7,14H2,1H3/t11-,12-,13+/m0/s1. The van der Waals surface area contributed by atoms with Gasteiger partial charge in [-0.05, 0) is 17.7 Å². The van der Waals surface area contributed by atoms with E-state index >= 15 is 0 Å². The fourth-order valence-corrected chi connectivity index (χ4v) is 5.25. The van der Waals surface area contributed by atoms with Crippen LogP contribution < -0.4 is 15.2 Å². The summed E-state index contributed by atoms with van der Waals surface area (Å²) in [5.74, 6) is 0.945. The van der Waals surface area contributed by atoms with Crippen LogP contribution in [0.5, 0.6) is 11.5 Å². The monoisotopic (exact) mass is 299 g/mol. The molecule has 1 fully saturated rings. The molecule has 0 bridgehead atoms. The molecule has 1 aromatic carbocycles. The average Bonchev–Trinajstić information content (AvgIpc) is 2.89. The highest BCUT2D eigenvalue weighted by atomic mass is 32.2. The Morgan fingerprint density at radius 1 is 1.40 bits per heavy atom. The van der Waals surface area contributed by atoms with E-state index in [1.54, 1.807) is 12.1 Å². The minimum absolute atomic E-state index is 0.125. The summed E-state index contributed by atoms with van der Waals surface area (Å²) < 4.78 is 34.4. The van der Waals surface area contributed by atoms with Gasteiger partial charge in [-0.1, -0.05) is 6.07 Å². The zero-order valence-corrected chi connectivity index (χ0v) is 11.9. The van der Waals surface area contributed by atoms with Crippen LogP contribution in [0.4, 0.5) is 0 Å². The third-order valence-electron chi connectivity index (χ3n) is 4.27. The van der Waals surface area contributed by atoms with Crippen molar-refractivity contribution < 1.29 is 23.0 Å². The summed E-state index contributed by atoms with van der Waals surface area (Å²) in [7, 11) is -3.28. The van der Waals surface area contributed by atoms with Gasteiger partial charge in [0.1, 0.15) is 0 Å². The molecule has 20 heavy (non-hydrogen) atoms. The molecule has 0 radical (unpaired) electrons. The van der Waals surface area contributed by atoms with Crippen molar-refractivity contribution in [2.24, 2.45) is 11.1 Å². The van der Waals surface area contributed by atoms with Gasteiger partial charge in [0, 0.05) is 24.1 Å². The molecule has 7 heteroatoms. The van der Waals surface area contributed by atoms with Gasteiger partial charge in [0.2, 0.25) is 6.79 Å². The second-order valence-corrected chi connectivity index (χ2v) is 7.60. The van der Waals surface area contributed by atoms with E-state index in [0.29, 0.717) is 11.5 Å². The third kappa shape index (κ3) is 1.81. The van der Waals surface area contributed by atoms with E-state index in [2.05, 4.69) is 0 Å². The van der Waals surface area contributed by atoms with Gasteiger partial charge in [0.25, 0.3) is 0 Å². The smallest absolute Gasteiger partial charge is 0.231 e. The van der Waals surface area contributed by atoms with Gasteiger partial charge in [0.15, 0.2) is 21.3 Å². The Kier molecular flexibility index (Phi) is 2.97. The summed E-state index contributed by atoms with van der Waals surface area (Å²) >= 11 is 0. The van der Waals surface area contributed by atoms with Crippen LogP contribution in [0.15, 0.2) is 18.2 Å². The Morgan fingerprint density at radius 3 is 2.65 bits per heavy atom. The van der Waals surface area contributed by atoms with E-state index in [-0.39, 0.29) is 25.9 Å². The number of rotatable bonds is 4. The lowest BCUT2D eigenvalue weighted by molar-refractivity contribution is 0.174. The number of ether oxygens (including phenoxy) is 2. The van der Waals surface area contributed by atoms with Gasteiger partial charge in [-0.2, -0.15) is 0 Å². The zero-order valence-electron chi connectivity index (χ0n) is 11.1. The molecule has 1 aromatic rings. The summed E-state index contributed by atoms with van der Waals surface area (Å²) in [5, 5.41) is 8.97. The number of benzene rings is 1. The number of aliphatic hydroxyl groups excluding tert-OH is 1. The first kappa shape index (κ1) is 13.7. The number of fused-ring (bicyclic) bond motifs is 1. The Labute approximate surface area is 117 Å². The first-order valence-electron chi connectivity index (χ1n) is 6.33. The molecular weight excluding hydrogens is 282 g/mol. The van der Waals surface area contributed by atoms with E-state index < -0.39 is 20.5 Å². The van der Waals surface area contributed by atoms with Gasteiger partial charge in [-0.15, -0.1) is 0 Å². The lowest BCUT2D eigenvalue weighted by atomic mass is 10.00. The van der Waals surface area contributed by atoms with Gasteiger partial charge in [-0.3, -0.25) is 0 Å². The normalized spacial score (nSPS) is 31.4.